The van der Waals surface area contributed by atoms with Gasteiger partial charge in [-0.05, 0) is 35.4 Å². The fraction of sp³-hybridized carbons (Fsp3) is 0. The fourth-order valence-electron chi connectivity index (χ4n) is 2.12. The number of hydrogen-bond donors (Lipinski definition) is 2. The summed E-state index contributed by atoms with van der Waals surface area (Å²) in [5.74, 6) is -0.671. The summed E-state index contributed by atoms with van der Waals surface area (Å²) in [6.45, 7) is 0. The molecule has 1 aromatic carbocycles. The van der Waals surface area contributed by atoms with E-state index in [9.17, 15) is 9.59 Å². The van der Waals surface area contributed by atoms with Crippen molar-refractivity contribution in [2.24, 2.45) is 10.2 Å². The quantitative estimate of drug-likeness (QED) is 0.509. The van der Waals surface area contributed by atoms with Crippen LogP contribution < -0.4 is 10.9 Å². The molecule has 8 heteroatoms. The van der Waals surface area contributed by atoms with E-state index in [1.807, 2.05) is 24.3 Å². The summed E-state index contributed by atoms with van der Waals surface area (Å²) in [5.41, 5.74) is 7.32. The topological polar surface area (TPSA) is 109 Å². The standard InChI is InChI=1S/C20H16N6O2/c27-19(17-3-1-9-21-13-17)25-23-11-15-5-7-16(8-6-15)12-24-26-20(28)18-4-2-10-22-14-18/h1-14H,(H,25,27)(H,26,28)/b23-11+,24-12+. The highest BCUT2D eigenvalue weighted by Gasteiger charge is 2.03. The number of carbonyl (C=O) groups excluding carboxylic acids is 2. The predicted molar refractivity (Wildman–Crippen MR) is 105 cm³/mol. The van der Waals surface area contributed by atoms with Crippen molar-refractivity contribution in [3.8, 4) is 0 Å². The highest BCUT2D eigenvalue weighted by molar-refractivity contribution is 5.95. The molecule has 8 nitrogen and oxygen atoms in total. The van der Waals surface area contributed by atoms with E-state index in [0.29, 0.717) is 11.1 Å². The van der Waals surface area contributed by atoms with Gasteiger partial charge in [0.1, 0.15) is 0 Å². The Balaban J connectivity index is 1.50. The Morgan fingerprint density at radius 2 is 1.14 bits per heavy atom. The number of nitrogens with one attached hydrogen (secondary N) is 2. The van der Waals surface area contributed by atoms with E-state index in [1.54, 1.807) is 36.7 Å². The van der Waals surface area contributed by atoms with Crippen molar-refractivity contribution < 1.29 is 9.59 Å². The minimum Gasteiger partial charge on any atom is -0.267 e. The summed E-state index contributed by atoms with van der Waals surface area (Å²) in [5, 5.41) is 7.84. The molecule has 0 spiro atoms. The highest BCUT2D eigenvalue weighted by Crippen LogP contribution is 2.01. The molecule has 0 unspecified atom stereocenters. The van der Waals surface area contributed by atoms with Crippen molar-refractivity contribution in [2.45, 2.75) is 0 Å². The van der Waals surface area contributed by atoms with Crippen LogP contribution in [0.15, 0.2) is 83.5 Å². The van der Waals surface area contributed by atoms with Gasteiger partial charge in [-0.25, -0.2) is 10.9 Å². The summed E-state index contributed by atoms with van der Waals surface area (Å²) in [6, 6.07) is 13.9. The maximum absolute atomic E-state index is 11.8. The molecule has 2 N–H and O–H groups in total. The minimum atomic E-state index is -0.336. The number of aromatic nitrogens is 2. The van der Waals surface area contributed by atoms with Crippen molar-refractivity contribution in [1.82, 2.24) is 20.8 Å². The van der Waals surface area contributed by atoms with Crippen LogP contribution in [0, 0.1) is 0 Å². The number of hydrogen-bond acceptors (Lipinski definition) is 6. The molecular formula is C20H16N6O2. The molecule has 2 heterocycles. The molecule has 3 rings (SSSR count). The normalized spacial score (nSPS) is 10.9. The average molecular weight is 372 g/mol. The second-order valence-corrected chi connectivity index (χ2v) is 5.55. The lowest BCUT2D eigenvalue weighted by Crippen LogP contribution is -2.17. The van der Waals surface area contributed by atoms with E-state index in [2.05, 4.69) is 31.0 Å². The third-order valence-corrected chi connectivity index (χ3v) is 3.54. The van der Waals surface area contributed by atoms with Crippen LogP contribution in [0.3, 0.4) is 0 Å². The fourth-order valence-corrected chi connectivity index (χ4v) is 2.12. The molecule has 0 aliphatic carbocycles. The number of hydrazone groups is 2. The van der Waals surface area contributed by atoms with Gasteiger partial charge in [0, 0.05) is 24.8 Å². The van der Waals surface area contributed by atoms with E-state index >= 15 is 0 Å². The van der Waals surface area contributed by atoms with Crippen molar-refractivity contribution in [3.05, 3.63) is 95.6 Å². The lowest BCUT2D eigenvalue weighted by Gasteiger charge is -1.99. The van der Waals surface area contributed by atoms with Crippen molar-refractivity contribution in [2.75, 3.05) is 0 Å². The maximum atomic E-state index is 11.8. The summed E-state index contributed by atoms with van der Waals surface area (Å²) in [4.78, 5) is 31.4. The van der Waals surface area contributed by atoms with Gasteiger partial charge in [-0.3, -0.25) is 19.6 Å². The molecule has 0 fully saturated rings. The van der Waals surface area contributed by atoms with Gasteiger partial charge in [-0.15, -0.1) is 0 Å². The zero-order valence-corrected chi connectivity index (χ0v) is 14.7. The molecular weight excluding hydrogens is 356 g/mol. The van der Waals surface area contributed by atoms with E-state index < -0.39 is 0 Å². The summed E-state index contributed by atoms with van der Waals surface area (Å²) in [7, 11) is 0. The van der Waals surface area contributed by atoms with Crippen LogP contribution in [-0.2, 0) is 0 Å². The molecule has 0 aliphatic rings. The van der Waals surface area contributed by atoms with Crippen LogP contribution >= 0.6 is 0 Å². The van der Waals surface area contributed by atoms with Crippen molar-refractivity contribution >= 4 is 24.2 Å². The number of carbonyl (C=O) groups is 2. The van der Waals surface area contributed by atoms with Crippen molar-refractivity contribution in [1.29, 1.82) is 0 Å². The van der Waals surface area contributed by atoms with Gasteiger partial charge in [-0.1, -0.05) is 24.3 Å². The SMILES string of the molecule is O=C(N/N=C/c1ccc(/C=N/NC(=O)c2cccnc2)cc1)c1cccnc1. The van der Waals surface area contributed by atoms with Gasteiger partial charge in [0.15, 0.2) is 0 Å². The first-order valence-corrected chi connectivity index (χ1v) is 8.29. The predicted octanol–water partition coefficient (Wildman–Crippen LogP) is 2.00. The van der Waals surface area contributed by atoms with Gasteiger partial charge in [0.05, 0.1) is 23.6 Å². The zero-order chi connectivity index (χ0) is 19.6. The number of benzene rings is 1. The van der Waals surface area contributed by atoms with E-state index in [4.69, 9.17) is 0 Å². The minimum absolute atomic E-state index is 0.336. The van der Waals surface area contributed by atoms with Gasteiger partial charge in [-0.2, -0.15) is 10.2 Å². The summed E-state index contributed by atoms with van der Waals surface area (Å²) >= 11 is 0. The van der Waals surface area contributed by atoms with Crippen LogP contribution in [-0.4, -0.2) is 34.2 Å². The lowest BCUT2D eigenvalue weighted by molar-refractivity contribution is 0.0946. The molecule has 138 valence electrons. The molecule has 0 saturated heterocycles. The molecule has 2 aromatic heterocycles. The van der Waals surface area contributed by atoms with Gasteiger partial charge < -0.3 is 0 Å². The first kappa shape index (κ1) is 18.6. The second kappa shape index (κ2) is 9.48. The maximum Gasteiger partial charge on any atom is 0.272 e. The third-order valence-electron chi connectivity index (χ3n) is 3.54. The number of pyridine rings is 2. The van der Waals surface area contributed by atoms with E-state index in [1.165, 1.54) is 24.8 Å². The summed E-state index contributed by atoms with van der Waals surface area (Å²) < 4.78 is 0. The van der Waals surface area contributed by atoms with Crippen LogP contribution in [0.5, 0.6) is 0 Å². The van der Waals surface area contributed by atoms with Crippen LogP contribution in [0.1, 0.15) is 31.8 Å². The van der Waals surface area contributed by atoms with Crippen LogP contribution in [0.25, 0.3) is 0 Å². The number of rotatable bonds is 6. The smallest absolute Gasteiger partial charge is 0.267 e. The Labute approximate surface area is 161 Å². The zero-order valence-electron chi connectivity index (χ0n) is 14.7. The second-order valence-electron chi connectivity index (χ2n) is 5.55. The number of amides is 2. The highest BCUT2D eigenvalue weighted by atomic mass is 16.2. The first-order chi connectivity index (χ1) is 13.7. The molecule has 3 aromatic rings. The molecule has 0 radical (unpaired) electrons. The summed E-state index contributed by atoms with van der Waals surface area (Å²) in [6.07, 6.45) is 9.17. The molecule has 0 atom stereocenters. The molecule has 0 saturated carbocycles. The van der Waals surface area contributed by atoms with Crippen LogP contribution in [0.2, 0.25) is 0 Å². The van der Waals surface area contributed by atoms with Gasteiger partial charge in [0.2, 0.25) is 0 Å². The number of nitrogens with zero attached hydrogens (tertiary/aromatic N) is 4. The van der Waals surface area contributed by atoms with Crippen molar-refractivity contribution in [3.63, 3.8) is 0 Å². The molecule has 0 aliphatic heterocycles. The Kier molecular flexibility index (Phi) is 6.30. The van der Waals surface area contributed by atoms with E-state index in [0.717, 1.165) is 11.1 Å². The largest absolute Gasteiger partial charge is 0.272 e. The monoisotopic (exact) mass is 372 g/mol. The Bertz CT molecular complexity index is 904. The first-order valence-electron chi connectivity index (χ1n) is 8.29. The van der Waals surface area contributed by atoms with Gasteiger partial charge >= 0.3 is 0 Å². The van der Waals surface area contributed by atoms with E-state index in [-0.39, 0.29) is 11.8 Å². The molecule has 0 bridgehead atoms. The average Bonchev–Trinajstić information content (AvgIpc) is 2.76. The molecule has 2 amide bonds. The van der Waals surface area contributed by atoms with Gasteiger partial charge in [0.25, 0.3) is 11.8 Å². The third kappa shape index (κ3) is 5.40. The lowest BCUT2D eigenvalue weighted by atomic mass is 10.2. The Morgan fingerprint density at radius 1 is 0.714 bits per heavy atom. The molecule has 28 heavy (non-hydrogen) atoms. The van der Waals surface area contributed by atoms with Crippen LogP contribution in [0.4, 0.5) is 0 Å². The Hall–Kier alpha value is -4.20. The Morgan fingerprint density at radius 3 is 1.50 bits per heavy atom.